The molecule has 9 heteroatoms. The molecule has 2 aromatic carbocycles. The molecule has 34 heavy (non-hydrogen) atoms. The van der Waals surface area contributed by atoms with E-state index in [-0.39, 0.29) is 39.4 Å². The van der Waals surface area contributed by atoms with Gasteiger partial charge in [-0.1, -0.05) is 31.5 Å². The fourth-order valence-corrected chi connectivity index (χ4v) is 4.65. The molecule has 0 saturated carbocycles. The van der Waals surface area contributed by atoms with Crippen molar-refractivity contribution in [2.75, 3.05) is 44.7 Å². The minimum atomic E-state index is -0.670. The molecule has 1 atom stereocenters. The van der Waals surface area contributed by atoms with Crippen LogP contribution in [0.1, 0.15) is 32.5 Å². The maximum atomic E-state index is 16.1. The van der Waals surface area contributed by atoms with Crippen molar-refractivity contribution in [2.24, 2.45) is 0 Å². The van der Waals surface area contributed by atoms with Crippen molar-refractivity contribution >= 4 is 28.3 Å². The van der Waals surface area contributed by atoms with Gasteiger partial charge in [0, 0.05) is 55.6 Å². The van der Waals surface area contributed by atoms with Gasteiger partial charge in [-0.25, -0.2) is 18.7 Å². The summed E-state index contributed by atoms with van der Waals surface area (Å²) < 4.78 is 36.2. The molecule has 0 aliphatic carbocycles. The molecule has 0 radical (unpaired) electrons. The number of nitrogens with zero attached hydrogens (tertiary/aromatic N) is 3. The van der Waals surface area contributed by atoms with E-state index in [0.29, 0.717) is 17.0 Å². The van der Waals surface area contributed by atoms with Gasteiger partial charge in [0.15, 0.2) is 5.82 Å². The topological polar surface area (TPSA) is 62.3 Å². The van der Waals surface area contributed by atoms with Gasteiger partial charge >= 0.3 is 0 Å². The summed E-state index contributed by atoms with van der Waals surface area (Å²) in [6.07, 6.45) is 0. The zero-order valence-corrected chi connectivity index (χ0v) is 20.6. The Morgan fingerprint density at radius 3 is 2.56 bits per heavy atom. The van der Waals surface area contributed by atoms with Gasteiger partial charge < -0.3 is 20.3 Å². The Bertz CT molecular complexity index is 1190. The van der Waals surface area contributed by atoms with E-state index in [2.05, 4.69) is 27.4 Å². The maximum Gasteiger partial charge on any atom is 0.159 e. The number of halogens is 3. The van der Waals surface area contributed by atoms with Crippen LogP contribution in [0.4, 0.5) is 14.6 Å². The van der Waals surface area contributed by atoms with Crippen LogP contribution >= 0.6 is 11.6 Å². The van der Waals surface area contributed by atoms with Gasteiger partial charge in [-0.15, -0.1) is 0 Å². The zero-order chi connectivity index (χ0) is 24.4. The summed E-state index contributed by atoms with van der Waals surface area (Å²) in [4.78, 5) is 11.6. The van der Waals surface area contributed by atoms with Crippen molar-refractivity contribution in [1.82, 2.24) is 20.6 Å². The van der Waals surface area contributed by atoms with Crippen LogP contribution in [0.5, 0.6) is 5.75 Å². The standard InChI is InChI=1S/C23H24ClF2N5O.C2H6/c1-12-11-31(7-6-28-12)23-14-8-15(24)18(19-16(25)4-3-5-17(19)32-2)20(26)21(14)29-22(30-23)13-9-27-10-13;1-2/h3-5,8,12-13,27-28H,6-7,9-11H2,1-2H3;1-2H3. The van der Waals surface area contributed by atoms with Gasteiger partial charge in [-0.05, 0) is 25.1 Å². The third-order valence-electron chi connectivity index (χ3n) is 6.14. The highest BCUT2D eigenvalue weighted by molar-refractivity contribution is 6.34. The Morgan fingerprint density at radius 2 is 1.91 bits per heavy atom. The number of benzene rings is 2. The zero-order valence-electron chi connectivity index (χ0n) is 19.9. The fourth-order valence-electron chi connectivity index (χ4n) is 4.36. The van der Waals surface area contributed by atoms with Crippen molar-refractivity contribution in [3.63, 3.8) is 0 Å². The lowest BCUT2D eigenvalue weighted by molar-refractivity contribution is 0.413. The highest BCUT2D eigenvalue weighted by atomic mass is 35.5. The van der Waals surface area contributed by atoms with Gasteiger partial charge in [-0.2, -0.15) is 0 Å². The van der Waals surface area contributed by atoms with Crippen LogP contribution < -0.4 is 20.3 Å². The largest absolute Gasteiger partial charge is 0.496 e. The molecule has 5 rings (SSSR count). The number of piperazine rings is 1. The molecule has 2 fully saturated rings. The monoisotopic (exact) mass is 489 g/mol. The van der Waals surface area contributed by atoms with Crippen molar-refractivity contribution in [1.29, 1.82) is 0 Å². The first kappa shape index (κ1) is 24.6. The Labute approximate surface area is 203 Å². The number of methoxy groups -OCH3 is 1. The second-order valence-corrected chi connectivity index (χ2v) is 8.73. The average molecular weight is 490 g/mol. The summed E-state index contributed by atoms with van der Waals surface area (Å²) in [5.74, 6) is 0.288. The third-order valence-corrected chi connectivity index (χ3v) is 6.44. The molecular weight excluding hydrogens is 460 g/mol. The van der Waals surface area contributed by atoms with E-state index in [9.17, 15) is 4.39 Å². The molecule has 0 amide bonds. The highest BCUT2D eigenvalue weighted by Crippen LogP contribution is 2.43. The van der Waals surface area contributed by atoms with Crippen LogP contribution in [0.25, 0.3) is 22.0 Å². The molecule has 1 unspecified atom stereocenters. The molecule has 0 spiro atoms. The first-order valence-electron chi connectivity index (χ1n) is 11.7. The molecule has 2 aliphatic rings. The lowest BCUT2D eigenvalue weighted by Gasteiger charge is -2.34. The summed E-state index contributed by atoms with van der Waals surface area (Å²) in [5, 5.41) is 7.24. The van der Waals surface area contributed by atoms with Crippen LogP contribution in [0.3, 0.4) is 0 Å². The van der Waals surface area contributed by atoms with Crippen LogP contribution in [0, 0.1) is 11.6 Å². The second kappa shape index (κ2) is 10.4. The van der Waals surface area contributed by atoms with Crippen molar-refractivity contribution in [3.05, 3.63) is 46.7 Å². The van der Waals surface area contributed by atoms with Crippen molar-refractivity contribution in [3.8, 4) is 16.9 Å². The van der Waals surface area contributed by atoms with Gasteiger partial charge in [-0.3, -0.25) is 0 Å². The molecule has 2 aliphatic heterocycles. The number of nitrogens with one attached hydrogen (secondary N) is 2. The second-order valence-electron chi connectivity index (χ2n) is 8.32. The smallest absolute Gasteiger partial charge is 0.159 e. The molecular formula is C25H30ClF2N5O. The SMILES string of the molecule is CC.COc1cccc(F)c1-c1c(Cl)cc2c(N3CCNC(C)C3)nc(C3CNC3)nc2c1F. The molecule has 3 aromatic rings. The molecule has 3 heterocycles. The fraction of sp³-hybridized carbons (Fsp3) is 0.440. The van der Waals surface area contributed by atoms with Crippen LogP contribution in [0.2, 0.25) is 5.02 Å². The van der Waals surface area contributed by atoms with Gasteiger partial charge in [0.25, 0.3) is 0 Å². The van der Waals surface area contributed by atoms with E-state index in [1.807, 2.05) is 13.8 Å². The Hall–Kier alpha value is -2.55. The molecule has 1 aromatic heterocycles. The Kier molecular flexibility index (Phi) is 7.50. The van der Waals surface area contributed by atoms with Crippen LogP contribution in [-0.4, -0.2) is 55.8 Å². The van der Waals surface area contributed by atoms with E-state index >= 15 is 4.39 Å². The van der Waals surface area contributed by atoms with Crippen LogP contribution in [-0.2, 0) is 0 Å². The molecule has 2 N–H and O–H groups in total. The summed E-state index contributed by atoms with van der Waals surface area (Å²) in [5.41, 5.74) is 0.0835. The molecule has 2 saturated heterocycles. The number of hydrogen-bond donors (Lipinski definition) is 2. The normalized spacial score (nSPS) is 18.3. The quantitative estimate of drug-likeness (QED) is 0.551. The lowest BCUT2D eigenvalue weighted by Crippen LogP contribution is -2.50. The Morgan fingerprint density at radius 1 is 1.15 bits per heavy atom. The molecule has 182 valence electrons. The summed E-state index contributed by atoms with van der Waals surface area (Å²) >= 11 is 6.57. The number of aromatic nitrogens is 2. The maximum absolute atomic E-state index is 16.1. The van der Waals surface area contributed by atoms with E-state index in [4.69, 9.17) is 21.3 Å². The third kappa shape index (κ3) is 4.42. The number of hydrogen-bond acceptors (Lipinski definition) is 6. The van der Waals surface area contributed by atoms with Gasteiger partial charge in [0.05, 0.1) is 17.7 Å². The van der Waals surface area contributed by atoms with Gasteiger partial charge in [0.2, 0.25) is 0 Å². The lowest BCUT2D eigenvalue weighted by atomic mass is 9.99. The minimum absolute atomic E-state index is 0.0118. The van der Waals surface area contributed by atoms with Crippen molar-refractivity contribution in [2.45, 2.75) is 32.7 Å². The van der Waals surface area contributed by atoms with Gasteiger partial charge in [0.1, 0.15) is 28.7 Å². The average Bonchev–Trinajstić information content (AvgIpc) is 2.80. The summed E-state index contributed by atoms with van der Waals surface area (Å²) in [6, 6.07) is 6.27. The number of fused-ring (bicyclic) bond motifs is 1. The number of rotatable bonds is 4. The Balaban J connectivity index is 0.00000133. The number of ether oxygens (including phenoxy) is 1. The van der Waals surface area contributed by atoms with E-state index in [0.717, 1.165) is 32.7 Å². The summed E-state index contributed by atoms with van der Waals surface area (Å²) in [6.45, 7) is 9.85. The van der Waals surface area contributed by atoms with E-state index in [1.54, 1.807) is 12.1 Å². The first-order chi connectivity index (χ1) is 16.5. The van der Waals surface area contributed by atoms with E-state index < -0.39 is 11.6 Å². The van der Waals surface area contributed by atoms with Crippen LogP contribution in [0.15, 0.2) is 24.3 Å². The predicted molar refractivity (Wildman–Crippen MR) is 133 cm³/mol. The minimum Gasteiger partial charge on any atom is -0.496 e. The highest BCUT2D eigenvalue weighted by Gasteiger charge is 2.29. The van der Waals surface area contributed by atoms with E-state index in [1.165, 1.54) is 19.2 Å². The summed E-state index contributed by atoms with van der Waals surface area (Å²) in [7, 11) is 1.42. The first-order valence-corrected chi connectivity index (χ1v) is 12.1. The van der Waals surface area contributed by atoms with Crippen molar-refractivity contribution < 1.29 is 13.5 Å². The molecule has 0 bridgehead atoms. The number of anilines is 1. The molecule has 6 nitrogen and oxygen atoms in total. The predicted octanol–water partition coefficient (Wildman–Crippen LogP) is 4.75.